The number of amides is 1. The topological polar surface area (TPSA) is 92.8 Å². The van der Waals surface area contributed by atoms with Crippen LogP contribution < -0.4 is 5.32 Å². The van der Waals surface area contributed by atoms with Crippen molar-refractivity contribution in [3.8, 4) is 0 Å². The fourth-order valence-corrected chi connectivity index (χ4v) is 4.71. The van der Waals surface area contributed by atoms with E-state index >= 15 is 0 Å². The molecule has 31 heavy (non-hydrogen) atoms. The number of carbonyl (C=O) groups is 2. The molecule has 0 aliphatic carbocycles. The van der Waals surface area contributed by atoms with Crippen molar-refractivity contribution in [3.63, 3.8) is 0 Å². The fourth-order valence-electron chi connectivity index (χ4n) is 2.99. The third-order valence-electron chi connectivity index (χ3n) is 4.72. The molecule has 1 aliphatic heterocycles. The molecule has 0 radical (unpaired) electrons. The van der Waals surface area contributed by atoms with Crippen LogP contribution in [0, 0.1) is 11.8 Å². The van der Waals surface area contributed by atoms with E-state index in [9.17, 15) is 31.2 Å². The number of nitrogens with zero attached hydrogens (tertiary/aromatic N) is 1. The summed E-state index contributed by atoms with van der Waals surface area (Å²) in [7, 11) is -4.19. The molecule has 0 saturated carbocycles. The number of sulfonamides is 1. The highest BCUT2D eigenvalue weighted by Crippen LogP contribution is 2.36. The number of hydrogen-bond acceptors (Lipinski definition) is 5. The Morgan fingerprint density at radius 2 is 1.87 bits per heavy atom. The van der Waals surface area contributed by atoms with Crippen LogP contribution >= 0.6 is 11.6 Å². The molecular weight excluding hydrogens is 461 g/mol. The maximum absolute atomic E-state index is 13.0. The smallest absolute Gasteiger partial charge is 0.417 e. The van der Waals surface area contributed by atoms with Gasteiger partial charge in [0.25, 0.3) is 5.91 Å². The van der Waals surface area contributed by atoms with Crippen molar-refractivity contribution in [2.24, 2.45) is 11.8 Å². The largest absolute Gasteiger partial charge is 0.455 e. The van der Waals surface area contributed by atoms with Crippen molar-refractivity contribution in [2.75, 3.05) is 26.2 Å². The minimum absolute atomic E-state index is 0.0639. The van der Waals surface area contributed by atoms with Gasteiger partial charge in [-0.3, -0.25) is 9.59 Å². The quantitative estimate of drug-likeness (QED) is 0.600. The summed E-state index contributed by atoms with van der Waals surface area (Å²) >= 11 is 5.55. The molecule has 2 rings (SSSR count). The molecule has 0 bridgehead atoms. The Kier molecular flexibility index (Phi) is 8.34. The molecule has 1 N–H and O–H groups in total. The van der Waals surface area contributed by atoms with Crippen LogP contribution in [0.3, 0.4) is 0 Å². The Balaban J connectivity index is 1.96. The lowest BCUT2D eigenvalue weighted by Gasteiger charge is -2.30. The normalized spacial score (nSPS) is 16.4. The summed E-state index contributed by atoms with van der Waals surface area (Å²) in [5, 5.41) is 2.02. The van der Waals surface area contributed by atoms with Crippen molar-refractivity contribution in [3.05, 3.63) is 28.8 Å². The number of hydrogen-bond donors (Lipinski definition) is 1. The maximum Gasteiger partial charge on any atom is 0.417 e. The van der Waals surface area contributed by atoms with Gasteiger partial charge in [-0.05, 0) is 37.0 Å². The van der Waals surface area contributed by atoms with Crippen molar-refractivity contribution in [2.45, 2.75) is 37.8 Å². The number of piperidine rings is 1. The van der Waals surface area contributed by atoms with Gasteiger partial charge < -0.3 is 10.1 Å². The Hall–Kier alpha value is -1.85. The molecular formula is C19H24ClF3N2O5S. The minimum atomic E-state index is -4.79. The number of ether oxygens (including phenoxy) is 1. The third kappa shape index (κ3) is 6.81. The second kappa shape index (κ2) is 10.2. The number of rotatable bonds is 7. The van der Waals surface area contributed by atoms with E-state index in [2.05, 4.69) is 5.32 Å². The molecule has 1 saturated heterocycles. The lowest BCUT2D eigenvalue weighted by atomic mass is 9.98. The first-order chi connectivity index (χ1) is 14.3. The fraction of sp³-hybridized carbons (Fsp3) is 0.579. The van der Waals surface area contributed by atoms with Gasteiger partial charge in [-0.1, -0.05) is 25.4 Å². The lowest BCUT2D eigenvalue weighted by molar-refractivity contribution is -0.153. The van der Waals surface area contributed by atoms with Crippen LogP contribution in [0.25, 0.3) is 0 Å². The average molecular weight is 485 g/mol. The van der Waals surface area contributed by atoms with E-state index in [4.69, 9.17) is 16.3 Å². The summed E-state index contributed by atoms with van der Waals surface area (Å²) in [6, 6.07) is 2.42. The van der Waals surface area contributed by atoms with Crippen molar-refractivity contribution >= 4 is 33.5 Å². The highest BCUT2D eigenvalue weighted by Gasteiger charge is 2.37. The van der Waals surface area contributed by atoms with Crippen LogP contribution in [0.2, 0.25) is 5.02 Å². The zero-order valence-corrected chi connectivity index (χ0v) is 18.6. The summed E-state index contributed by atoms with van der Waals surface area (Å²) in [6.07, 6.45) is -4.53. The molecule has 1 aromatic carbocycles. The van der Waals surface area contributed by atoms with Crippen molar-refractivity contribution < 1.29 is 35.9 Å². The molecule has 12 heteroatoms. The third-order valence-corrected chi connectivity index (χ3v) is 6.95. The molecule has 0 unspecified atom stereocenters. The van der Waals surface area contributed by atoms with E-state index in [0.29, 0.717) is 12.6 Å². The Bertz CT molecular complexity index is 914. The molecule has 174 valence electrons. The van der Waals surface area contributed by atoms with Gasteiger partial charge in [0, 0.05) is 19.6 Å². The van der Waals surface area contributed by atoms with Crippen LogP contribution in [-0.2, 0) is 30.5 Å². The number of alkyl halides is 3. The van der Waals surface area contributed by atoms with Crippen molar-refractivity contribution in [1.82, 2.24) is 9.62 Å². The second-order valence-corrected chi connectivity index (χ2v) is 9.97. The summed E-state index contributed by atoms with van der Waals surface area (Å²) in [6.45, 7) is 3.74. The maximum atomic E-state index is 13.0. The summed E-state index contributed by atoms with van der Waals surface area (Å²) in [4.78, 5) is 23.3. The second-order valence-electron chi connectivity index (χ2n) is 7.62. The average Bonchev–Trinajstić information content (AvgIpc) is 2.69. The van der Waals surface area contributed by atoms with Gasteiger partial charge in [-0.25, -0.2) is 8.42 Å². The number of esters is 1. The number of carbonyl (C=O) groups excluding carboxylic acids is 2. The molecule has 1 fully saturated rings. The monoisotopic (exact) mass is 484 g/mol. The highest BCUT2D eigenvalue weighted by atomic mass is 35.5. The van der Waals surface area contributed by atoms with Crippen LogP contribution in [0.5, 0.6) is 0 Å². The standard InChI is InChI=1S/C19H24ClF3N2O5S/c1-12(2)10-24-17(26)11-30-18(27)13-5-7-25(8-6-13)31(28,29)14-3-4-16(20)15(9-14)19(21,22)23/h3-4,9,12-13H,5-8,10-11H2,1-2H3,(H,24,26). The molecule has 1 heterocycles. The number of halogens is 4. The molecule has 0 atom stereocenters. The minimum Gasteiger partial charge on any atom is -0.455 e. The molecule has 7 nitrogen and oxygen atoms in total. The van der Waals surface area contributed by atoms with Gasteiger partial charge in [-0.2, -0.15) is 17.5 Å². The Labute approximate surface area is 183 Å². The van der Waals surface area contributed by atoms with Crippen molar-refractivity contribution in [1.29, 1.82) is 0 Å². The molecule has 1 aromatic rings. The first-order valence-electron chi connectivity index (χ1n) is 9.62. The summed E-state index contributed by atoms with van der Waals surface area (Å²) in [5.41, 5.74) is -1.23. The van der Waals surface area contributed by atoms with Crippen LogP contribution in [0.15, 0.2) is 23.1 Å². The van der Waals surface area contributed by atoms with E-state index in [1.807, 2.05) is 13.8 Å². The first kappa shape index (κ1) is 25.4. The van der Waals surface area contributed by atoms with E-state index in [0.717, 1.165) is 16.4 Å². The number of nitrogens with one attached hydrogen (secondary N) is 1. The van der Waals surface area contributed by atoms with E-state index in [-0.39, 0.29) is 31.8 Å². The van der Waals surface area contributed by atoms with Crippen LogP contribution in [0.4, 0.5) is 13.2 Å². The molecule has 0 spiro atoms. The lowest BCUT2D eigenvalue weighted by Crippen LogP contribution is -2.41. The zero-order chi connectivity index (χ0) is 23.4. The Morgan fingerprint density at radius 1 is 1.26 bits per heavy atom. The zero-order valence-electron chi connectivity index (χ0n) is 17.0. The van der Waals surface area contributed by atoms with Gasteiger partial charge in [0.05, 0.1) is 21.4 Å². The van der Waals surface area contributed by atoms with E-state index in [1.165, 1.54) is 0 Å². The first-order valence-corrected chi connectivity index (χ1v) is 11.4. The van der Waals surface area contributed by atoms with Gasteiger partial charge in [0.2, 0.25) is 10.0 Å². The van der Waals surface area contributed by atoms with Gasteiger partial charge in [0.1, 0.15) is 0 Å². The highest BCUT2D eigenvalue weighted by molar-refractivity contribution is 7.89. The van der Waals surface area contributed by atoms with Crippen LogP contribution in [-0.4, -0.2) is 50.8 Å². The van der Waals surface area contributed by atoms with Gasteiger partial charge in [-0.15, -0.1) is 0 Å². The van der Waals surface area contributed by atoms with Crippen LogP contribution in [0.1, 0.15) is 32.3 Å². The molecule has 1 amide bonds. The Morgan fingerprint density at radius 3 is 2.42 bits per heavy atom. The van der Waals surface area contributed by atoms with Gasteiger partial charge in [0.15, 0.2) is 6.61 Å². The molecule has 0 aromatic heterocycles. The predicted octanol–water partition coefficient (Wildman–Crippen LogP) is 3.07. The predicted molar refractivity (Wildman–Crippen MR) is 107 cm³/mol. The van der Waals surface area contributed by atoms with Gasteiger partial charge >= 0.3 is 12.1 Å². The number of benzene rings is 1. The van der Waals surface area contributed by atoms with E-state index < -0.39 is 56.1 Å². The SMILES string of the molecule is CC(C)CNC(=O)COC(=O)C1CCN(S(=O)(=O)c2ccc(Cl)c(C(F)(F)F)c2)CC1. The summed E-state index contributed by atoms with van der Waals surface area (Å²) < 4.78 is 70.6. The van der Waals surface area contributed by atoms with E-state index in [1.54, 1.807) is 0 Å². The molecule has 1 aliphatic rings. The summed E-state index contributed by atoms with van der Waals surface area (Å²) in [5.74, 6) is -1.38.